The van der Waals surface area contributed by atoms with Gasteiger partial charge in [-0.3, -0.25) is 0 Å². The van der Waals surface area contributed by atoms with E-state index in [2.05, 4.69) is 21.0 Å². The Kier molecular flexibility index (Phi) is 4.57. The standard InChI is InChI=1S/C13H17N3O2S/c1-4-7-14-13-12(15-19-16-13)10-6-5-9(17-2)8-11(10)18-3/h5-6,8H,4,7H2,1-3H3,(H,14,16). The molecular weight excluding hydrogens is 262 g/mol. The zero-order valence-corrected chi connectivity index (χ0v) is 12.1. The first-order chi connectivity index (χ1) is 9.30. The maximum atomic E-state index is 5.40. The molecule has 0 bridgehead atoms. The van der Waals surface area contributed by atoms with E-state index in [-0.39, 0.29) is 0 Å². The van der Waals surface area contributed by atoms with Crippen molar-refractivity contribution in [2.45, 2.75) is 13.3 Å². The van der Waals surface area contributed by atoms with Crippen LogP contribution in [0.2, 0.25) is 0 Å². The maximum absolute atomic E-state index is 5.40. The molecule has 0 saturated carbocycles. The Hall–Kier alpha value is -1.82. The fourth-order valence-corrected chi connectivity index (χ4v) is 2.26. The van der Waals surface area contributed by atoms with Crippen LogP contribution in [0, 0.1) is 0 Å². The van der Waals surface area contributed by atoms with E-state index in [9.17, 15) is 0 Å². The predicted molar refractivity (Wildman–Crippen MR) is 77.2 cm³/mol. The van der Waals surface area contributed by atoms with E-state index in [1.165, 1.54) is 11.7 Å². The van der Waals surface area contributed by atoms with Crippen molar-refractivity contribution in [1.29, 1.82) is 0 Å². The van der Waals surface area contributed by atoms with E-state index in [1.54, 1.807) is 14.2 Å². The smallest absolute Gasteiger partial charge is 0.168 e. The van der Waals surface area contributed by atoms with E-state index >= 15 is 0 Å². The van der Waals surface area contributed by atoms with Gasteiger partial charge in [-0.05, 0) is 18.6 Å². The molecule has 0 aliphatic heterocycles. The Morgan fingerprint density at radius 3 is 2.74 bits per heavy atom. The van der Waals surface area contributed by atoms with Gasteiger partial charge in [0, 0.05) is 18.2 Å². The number of anilines is 1. The molecule has 0 atom stereocenters. The van der Waals surface area contributed by atoms with Crippen molar-refractivity contribution in [3.8, 4) is 22.8 Å². The van der Waals surface area contributed by atoms with Crippen LogP contribution in [0.3, 0.4) is 0 Å². The normalized spacial score (nSPS) is 10.3. The third-order valence-electron chi connectivity index (χ3n) is 2.69. The van der Waals surface area contributed by atoms with Crippen LogP contribution in [0.15, 0.2) is 18.2 Å². The molecular formula is C13H17N3O2S. The van der Waals surface area contributed by atoms with Crippen molar-refractivity contribution < 1.29 is 9.47 Å². The second-order valence-corrected chi connectivity index (χ2v) is 4.48. The number of methoxy groups -OCH3 is 2. The maximum Gasteiger partial charge on any atom is 0.168 e. The molecule has 102 valence electrons. The van der Waals surface area contributed by atoms with Gasteiger partial charge in [-0.25, -0.2) is 0 Å². The van der Waals surface area contributed by atoms with Crippen LogP contribution < -0.4 is 14.8 Å². The lowest BCUT2D eigenvalue weighted by atomic mass is 10.1. The lowest BCUT2D eigenvalue weighted by molar-refractivity contribution is 0.395. The van der Waals surface area contributed by atoms with Gasteiger partial charge >= 0.3 is 0 Å². The van der Waals surface area contributed by atoms with Crippen LogP contribution in [-0.4, -0.2) is 29.5 Å². The van der Waals surface area contributed by atoms with Crippen molar-refractivity contribution in [2.24, 2.45) is 0 Å². The first kappa shape index (κ1) is 13.6. The van der Waals surface area contributed by atoms with Crippen molar-refractivity contribution in [3.05, 3.63) is 18.2 Å². The fraction of sp³-hybridized carbons (Fsp3) is 0.385. The molecule has 19 heavy (non-hydrogen) atoms. The number of ether oxygens (including phenoxy) is 2. The Bertz CT molecular complexity index is 542. The van der Waals surface area contributed by atoms with Gasteiger partial charge in [-0.1, -0.05) is 6.92 Å². The van der Waals surface area contributed by atoms with Crippen LogP contribution in [0.25, 0.3) is 11.3 Å². The highest BCUT2D eigenvalue weighted by atomic mass is 32.1. The van der Waals surface area contributed by atoms with Gasteiger partial charge in [0.1, 0.15) is 17.2 Å². The summed E-state index contributed by atoms with van der Waals surface area (Å²) in [6.07, 6.45) is 1.04. The molecule has 0 radical (unpaired) electrons. The minimum absolute atomic E-state index is 0.728. The third kappa shape index (κ3) is 2.96. The molecule has 2 rings (SSSR count). The largest absolute Gasteiger partial charge is 0.497 e. The van der Waals surface area contributed by atoms with Gasteiger partial charge in [0.25, 0.3) is 0 Å². The minimum Gasteiger partial charge on any atom is -0.497 e. The number of rotatable bonds is 6. The average Bonchev–Trinajstić information content (AvgIpc) is 2.92. The van der Waals surface area contributed by atoms with Crippen LogP contribution >= 0.6 is 11.7 Å². The molecule has 1 heterocycles. The second kappa shape index (κ2) is 6.38. The van der Waals surface area contributed by atoms with E-state index in [1.807, 2.05) is 18.2 Å². The highest BCUT2D eigenvalue weighted by Crippen LogP contribution is 2.35. The summed E-state index contributed by atoms with van der Waals surface area (Å²) in [5.74, 6) is 2.29. The van der Waals surface area contributed by atoms with Crippen molar-refractivity contribution in [1.82, 2.24) is 8.75 Å². The number of nitrogens with zero attached hydrogens (tertiary/aromatic N) is 2. The number of hydrogen-bond donors (Lipinski definition) is 1. The Morgan fingerprint density at radius 2 is 2.05 bits per heavy atom. The lowest BCUT2D eigenvalue weighted by Crippen LogP contribution is -2.01. The van der Waals surface area contributed by atoms with Crippen LogP contribution in [0.1, 0.15) is 13.3 Å². The molecule has 0 amide bonds. The van der Waals surface area contributed by atoms with Gasteiger partial charge in [-0.2, -0.15) is 8.75 Å². The molecule has 0 spiro atoms. The monoisotopic (exact) mass is 279 g/mol. The minimum atomic E-state index is 0.728. The zero-order chi connectivity index (χ0) is 13.7. The van der Waals surface area contributed by atoms with E-state index in [0.29, 0.717) is 0 Å². The summed E-state index contributed by atoms with van der Waals surface area (Å²) in [5.41, 5.74) is 1.73. The van der Waals surface area contributed by atoms with Gasteiger partial charge in [-0.15, -0.1) is 0 Å². The summed E-state index contributed by atoms with van der Waals surface area (Å²) < 4.78 is 19.2. The predicted octanol–water partition coefficient (Wildman–Crippen LogP) is 3.04. The van der Waals surface area contributed by atoms with Crippen molar-refractivity contribution >= 4 is 17.5 Å². The molecule has 0 saturated heterocycles. The molecule has 1 aromatic heterocycles. The lowest BCUT2D eigenvalue weighted by Gasteiger charge is -2.10. The van der Waals surface area contributed by atoms with Crippen molar-refractivity contribution in [3.63, 3.8) is 0 Å². The third-order valence-corrected chi connectivity index (χ3v) is 3.22. The molecule has 0 fully saturated rings. The fourth-order valence-electron chi connectivity index (χ4n) is 1.72. The molecule has 1 N–H and O–H groups in total. The first-order valence-electron chi connectivity index (χ1n) is 6.09. The summed E-state index contributed by atoms with van der Waals surface area (Å²) in [5, 5.41) is 3.27. The highest BCUT2D eigenvalue weighted by Gasteiger charge is 2.15. The van der Waals surface area contributed by atoms with E-state index < -0.39 is 0 Å². The molecule has 0 aliphatic rings. The Morgan fingerprint density at radius 1 is 1.21 bits per heavy atom. The number of aromatic nitrogens is 2. The van der Waals surface area contributed by atoms with E-state index in [4.69, 9.17) is 9.47 Å². The zero-order valence-electron chi connectivity index (χ0n) is 11.3. The Labute approximate surface area is 116 Å². The topological polar surface area (TPSA) is 56.3 Å². The molecule has 1 aromatic carbocycles. The summed E-state index contributed by atoms with van der Waals surface area (Å²) in [6, 6.07) is 5.67. The van der Waals surface area contributed by atoms with Gasteiger partial charge < -0.3 is 14.8 Å². The SMILES string of the molecule is CCCNc1nsnc1-c1ccc(OC)cc1OC. The Balaban J connectivity index is 2.38. The van der Waals surface area contributed by atoms with Crippen molar-refractivity contribution in [2.75, 3.05) is 26.1 Å². The van der Waals surface area contributed by atoms with Gasteiger partial charge in [0.05, 0.1) is 25.9 Å². The second-order valence-electron chi connectivity index (χ2n) is 3.95. The molecule has 5 nitrogen and oxygen atoms in total. The number of hydrogen-bond acceptors (Lipinski definition) is 6. The van der Waals surface area contributed by atoms with Gasteiger partial charge in [0.15, 0.2) is 5.82 Å². The van der Waals surface area contributed by atoms with Crippen LogP contribution in [0.4, 0.5) is 5.82 Å². The number of benzene rings is 1. The van der Waals surface area contributed by atoms with Gasteiger partial charge in [0.2, 0.25) is 0 Å². The van der Waals surface area contributed by atoms with Crippen LogP contribution in [-0.2, 0) is 0 Å². The summed E-state index contributed by atoms with van der Waals surface area (Å²) in [4.78, 5) is 0. The molecule has 2 aromatic rings. The molecule has 6 heteroatoms. The highest BCUT2D eigenvalue weighted by molar-refractivity contribution is 6.99. The quantitative estimate of drug-likeness (QED) is 0.880. The molecule has 0 unspecified atom stereocenters. The summed E-state index contributed by atoms with van der Waals surface area (Å²) in [7, 11) is 3.27. The summed E-state index contributed by atoms with van der Waals surface area (Å²) >= 11 is 1.19. The molecule has 0 aliphatic carbocycles. The summed E-state index contributed by atoms with van der Waals surface area (Å²) in [6.45, 7) is 2.98. The number of nitrogens with one attached hydrogen (secondary N) is 1. The van der Waals surface area contributed by atoms with Crippen LogP contribution in [0.5, 0.6) is 11.5 Å². The average molecular weight is 279 g/mol. The first-order valence-corrected chi connectivity index (χ1v) is 6.82. The van der Waals surface area contributed by atoms with E-state index in [0.717, 1.165) is 41.5 Å².